The quantitative estimate of drug-likeness (QED) is 0.904. The zero-order chi connectivity index (χ0) is 15.4. The third kappa shape index (κ3) is 3.84. The zero-order valence-electron chi connectivity index (χ0n) is 12.7. The normalized spacial score (nSPS) is 22.5. The van der Waals surface area contributed by atoms with Crippen molar-refractivity contribution >= 4 is 21.7 Å². The maximum Gasteiger partial charge on any atom is 0.143 e. The second kappa shape index (κ2) is 7.20. The van der Waals surface area contributed by atoms with Crippen molar-refractivity contribution < 1.29 is 0 Å². The van der Waals surface area contributed by atoms with E-state index in [-0.39, 0.29) is 0 Å². The van der Waals surface area contributed by atoms with Gasteiger partial charge in [0.05, 0.1) is 4.47 Å². The fraction of sp³-hybridized carbons (Fsp3) is 0.412. The van der Waals surface area contributed by atoms with Gasteiger partial charge in [0.1, 0.15) is 12.1 Å². The van der Waals surface area contributed by atoms with E-state index < -0.39 is 0 Å². The van der Waals surface area contributed by atoms with Crippen LogP contribution >= 0.6 is 15.9 Å². The van der Waals surface area contributed by atoms with Crippen molar-refractivity contribution in [2.45, 2.75) is 25.9 Å². The van der Waals surface area contributed by atoms with Crippen molar-refractivity contribution in [1.82, 2.24) is 14.9 Å². The Morgan fingerprint density at radius 3 is 2.86 bits per heavy atom. The lowest BCUT2D eigenvalue weighted by Crippen LogP contribution is -2.44. The number of rotatable bonds is 4. The molecule has 3 rings (SSSR count). The molecule has 1 aliphatic heterocycles. The molecule has 2 heterocycles. The van der Waals surface area contributed by atoms with Gasteiger partial charge in [-0.25, -0.2) is 9.97 Å². The number of anilines is 1. The predicted octanol–water partition coefficient (Wildman–Crippen LogP) is 3.56. The number of hydrogen-bond acceptors (Lipinski definition) is 4. The Hall–Kier alpha value is -1.46. The van der Waals surface area contributed by atoms with Crippen LogP contribution in [0.3, 0.4) is 0 Å². The van der Waals surface area contributed by atoms with E-state index in [1.54, 1.807) is 12.5 Å². The highest BCUT2D eigenvalue weighted by Gasteiger charge is 2.26. The molecule has 116 valence electrons. The predicted molar refractivity (Wildman–Crippen MR) is 92.6 cm³/mol. The van der Waals surface area contributed by atoms with Crippen LogP contribution in [0.4, 0.5) is 5.82 Å². The van der Waals surface area contributed by atoms with E-state index in [2.05, 4.69) is 73.4 Å². The molecular formula is C17H21BrN4. The van der Waals surface area contributed by atoms with Gasteiger partial charge >= 0.3 is 0 Å². The van der Waals surface area contributed by atoms with Crippen LogP contribution in [0, 0.1) is 5.92 Å². The number of halogens is 1. The summed E-state index contributed by atoms with van der Waals surface area (Å²) in [6.07, 6.45) is 4.50. The fourth-order valence-electron chi connectivity index (χ4n) is 3.03. The molecule has 1 aliphatic rings. The number of benzene rings is 1. The molecule has 0 amide bonds. The first kappa shape index (κ1) is 15.4. The van der Waals surface area contributed by atoms with Crippen molar-refractivity contribution in [2.75, 3.05) is 18.4 Å². The summed E-state index contributed by atoms with van der Waals surface area (Å²) in [6, 6.07) is 11.2. The van der Waals surface area contributed by atoms with Crippen molar-refractivity contribution in [1.29, 1.82) is 0 Å². The van der Waals surface area contributed by atoms with Gasteiger partial charge in [-0.15, -0.1) is 0 Å². The molecular weight excluding hydrogens is 340 g/mol. The van der Waals surface area contributed by atoms with Crippen molar-refractivity contribution in [3.05, 3.63) is 52.9 Å². The zero-order valence-corrected chi connectivity index (χ0v) is 14.3. The van der Waals surface area contributed by atoms with Crippen molar-refractivity contribution in [2.24, 2.45) is 5.92 Å². The molecule has 0 radical (unpaired) electrons. The van der Waals surface area contributed by atoms with E-state index >= 15 is 0 Å². The van der Waals surface area contributed by atoms with Gasteiger partial charge in [-0.2, -0.15) is 0 Å². The molecule has 4 nitrogen and oxygen atoms in total. The molecule has 22 heavy (non-hydrogen) atoms. The Morgan fingerprint density at radius 2 is 2.14 bits per heavy atom. The van der Waals surface area contributed by atoms with Crippen LogP contribution in [0.2, 0.25) is 0 Å². The molecule has 1 fully saturated rings. The van der Waals surface area contributed by atoms with E-state index in [9.17, 15) is 0 Å². The van der Waals surface area contributed by atoms with Crippen LogP contribution in [-0.2, 0) is 6.54 Å². The average Bonchev–Trinajstić information content (AvgIpc) is 2.53. The van der Waals surface area contributed by atoms with Crippen LogP contribution in [0.1, 0.15) is 18.9 Å². The van der Waals surface area contributed by atoms with Gasteiger partial charge in [0, 0.05) is 31.9 Å². The summed E-state index contributed by atoms with van der Waals surface area (Å²) in [5.74, 6) is 1.47. The molecule has 2 unspecified atom stereocenters. The van der Waals surface area contributed by atoms with Gasteiger partial charge < -0.3 is 5.32 Å². The number of aromatic nitrogens is 2. The summed E-state index contributed by atoms with van der Waals surface area (Å²) >= 11 is 3.50. The molecule has 0 bridgehead atoms. The average molecular weight is 361 g/mol. The summed E-state index contributed by atoms with van der Waals surface area (Å²) in [4.78, 5) is 10.9. The fourth-order valence-corrected chi connectivity index (χ4v) is 3.36. The molecule has 0 saturated carbocycles. The maximum absolute atomic E-state index is 4.31. The lowest BCUT2D eigenvalue weighted by Gasteiger charge is -2.37. The van der Waals surface area contributed by atoms with Gasteiger partial charge in [-0.05, 0) is 33.8 Å². The van der Waals surface area contributed by atoms with Crippen LogP contribution in [0.15, 0.2) is 47.3 Å². The molecule has 1 aromatic heterocycles. The molecule has 1 aromatic carbocycles. The van der Waals surface area contributed by atoms with Crippen molar-refractivity contribution in [3.8, 4) is 0 Å². The van der Waals surface area contributed by atoms with E-state index in [0.717, 1.165) is 36.3 Å². The molecule has 0 spiro atoms. The lowest BCUT2D eigenvalue weighted by atomic mass is 9.93. The first-order valence-electron chi connectivity index (χ1n) is 7.70. The highest BCUT2D eigenvalue weighted by Crippen LogP contribution is 2.25. The summed E-state index contributed by atoms with van der Waals surface area (Å²) < 4.78 is 0.925. The molecule has 0 aliphatic carbocycles. The maximum atomic E-state index is 4.31. The smallest absolute Gasteiger partial charge is 0.143 e. The molecule has 2 aromatic rings. The Bertz CT molecular complexity index is 605. The number of piperidine rings is 1. The lowest BCUT2D eigenvalue weighted by molar-refractivity contribution is 0.164. The summed E-state index contributed by atoms with van der Waals surface area (Å²) in [5.41, 5.74) is 1.39. The van der Waals surface area contributed by atoms with Gasteiger partial charge in [0.2, 0.25) is 0 Å². The molecule has 1 saturated heterocycles. The van der Waals surface area contributed by atoms with Gasteiger partial charge in [-0.3, -0.25) is 4.90 Å². The topological polar surface area (TPSA) is 41.0 Å². The number of nitrogens with one attached hydrogen (secondary N) is 1. The second-order valence-electron chi connectivity index (χ2n) is 5.96. The van der Waals surface area contributed by atoms with Crippen LogP contribution in [-0.4, -0.2) is 34.0 Å². The van der Waals surface area contributed by atoms with E-state index in [1.807, 2.05) is 0 Å². The van der Waals surface area contributed by atoms with E-state index in [1.165, 1.54) is 5.56 Å². The standard InChI is InChI=1S/C17H21BrN4/c1-13-10-22(11-14-5-3-2-4-6-14)8-7-16(13)21-17-15(18)9-19-12-20-17/h2-6,9,12-13,16H,7-8,10-11H2,1H3,(H,19,20,21). The highest BCUT2D eigenvalue weighted by atomic mass is 79.9. The first-order chi connectivity index (χ1) is 10.7. The second-order valence-corrected chi connectivity index (χ2v) is 6.81. The third-order valence-electron chi connectivity index (χ3n) is 4.23. The Kier molecular flexibility index (Phi) is 5.05. The SMILES string of the molecule is CC1CN(Cc2ccccc2)CCC1Nc1ncncc1Br. The van der Waals surface area contributed by atoms with Crippen molar-refractivity contribution in [3.63, 3.8) is 0 Å². The molecule has 2 atom stereocenters. The minimum Gasteiger partial charge on any atom is -0.366 e. The van der Waals surface area contributed by atoms with Gasteiger partial charge in [0.15, 0.2) is 0 Å². The van der Waals surface area contributed by atoms with Gasteiger partial charge in [0.25, 0.3) is 0 Å². The minimum absolute atomic E-state index is 0.457. The minimum atomic E-state index is 0.457. The Labute approximate surface area is 140 Å². The first-order valence-corrected chi connectivity index (χ1v) is 8.50. The van der Waals surface area contributed by atoms with Crippen LogP contribution in [0.25, 0.3) is 0 Å². The van der Waals surface area contributed by atoms with Crippen LogP contribution < -0.4 is 5.32 Å². The summed E-state index contributed by atoms with van der Waals surface area (Å²) in [6.45, 7) is 5.56. The Balaban J connectivity index is 1.57. The van der Waals surface area contributed by atoms with Gasteiger partial charge in [-0.1, -0.05) is 37.3 Å². The van der Waals surface area contributed by atoms with Crippen LogP contribution in [0.5, 0.6) is 0 Å². The highest BCUT2D eigenvalue weighted by molar-refractivity contribution is 9.10. The number of likely N-dealkylation sites (tertiary alicyclic amines) is 1. The number of nitrogens with zero attached hydrogens (tertiary/aromatic N) is 3. The molecule has 1 N–H and O–H groups in total. The third-order valence-corrected chi connectivity index (χ3v) is 4.81. The summed E-state index contributed by atoms with van der Waals surface area (Å²) in [5, 5.41) is 3.56. The molecule has 5 heteroatoms. The van der Waals surface area contributed by atoms with E-state index in [4.69, 9.17) is 0 Å². The number of hydrogen-bond donors (Lipinski definition) is 1. The monoisotopic (exact) mass is 360 g/mol. The summed E-state index contributed by atoms with van der Waals surface area (Å²) in [7, 11) is 0. The van der Waals surface area contributed by atoms with E-state index in [0.29, 0.717) is 12.0 Å². The largest absolute Gasteiger partial charge is 0.366 e. The Morgan fingerprint density at radius 1 is 1.32 bits per heavy atom.